The normalized spacial score (nSPS) is 17.2. The third-order valence-electron chi connectivity index (χ3n) is 4.54. The first kappa shape index (κ1) is 17.2. The number of fused-ring (bicyclic) bond motifs is 1. The van der Waals surface area contributed by atoms with E-state index in [9.17, 15) is 19.1 Å². The second kappa shape index (κ2) is 6.81. The monoisotopic (exact) mass is 369 g/mol. The maximum Gasteiger partial charge on any atom is 0.270 e. The van der Waals surface area contributed by atoms with Crippen LogP contribution < -0.4 is 5.56 Å². The number of morpholine rings is 1. The van der Waals surface area contributed by atoms with Crippen LogP contribution in [-0.4, -0.2) is 45.0 Å². The van der Waals surface area contributed by atoms with Gasteiger partial charge in [-0.15, -0.1) is 0 Å². The molecule has 1 aromatic carbocycles. The summed E-state index contributed by atoms with van der Waals surface area (Å²) in [6, 6.07) is 8.82. The van der Waals surface area contributed by atoms with Crippen LogP contribution in [0.2, 0.25) is 0 Å². The minimum atomic E-state index is -0.550. The van der Waals surface area contributed by atoms with Crippen molar-refractivity contribution in [2.24, 2.45) is 0 Å². The van der Waals surface area contributed by atoms with Crippen molar-refractivity contribution < 1.29 is 19.0 Å². The summed E-state index contributed by atoms with van der Waals surface area (Å²) in [5.41, 5.74) is 0.209. The second-order valence-electron chi connectivity index (χ2n) is 6.23. The van der Waals surface area contributed by atoms with E-state index in [-0.39, 0.29) is 29.3 Å². The van der Waals surface area contributed by atoms with Crippen molar-refractivity contribution in [1.29, 1.82) is 0 Å². The van der Waals surface area contributed by atoms with E-state index in [1.165, 1.54) is 41.6 Å². The number of rotatable bonds is 2. The molecule has 0 unspecified atom stereocenters. The van der Waals surface area contributed by atoms with E-state index in [4.69, 9.17) is 4.74 Å². The smallest absolute Gasteiger partial charge is 0.270 e. The topological polar surface area (TPSA) is 84.1 Å². The molecule has 27 heavy (non-hydrogen) atoms. The molecule has 1 amide bonds. The number of hydrogen-bond donors (Lipinski definition) is 1. The second-order valence-corrected chi connectivity index (χ2v) is 6.23. The summed E-state index contributed by atoms with van der Waals surface area (Å²) < 4.78 is 19.9. The molecular formula is C19H16FN3O4. The summed E-state index contributed by atoms with van der Waals surface area (Å²) in [6.45, 7) is 0.877. The molecule has 1 fully saturated rings. The molecular weight excluding hydrogens is 353 g/mol. The number of halogens is 1. The Kier molecular flexibility index (Phi) is 4.33. The maximum absolute atomic E-state index is 13.1. The predicted octanol–water partition coefficient (Wildman–Crippen LogP) is 1.75. The number of pyridine rings is 1. The van der Waals surface area contributed by atoms with E-state index in [0.29, 0.717) is 13.2 Å². The number of aromatic nitrogens is 2. The van der Waals surface area contributed by atoms with E-state index in [1.807, 2.05) is 0 Å². The Morgan fingerprint density at radius 3 is 2.81 bits per heavy atom. The van der Waals surface area contributed by atoms with Crippen LogP contribution in [0.3, 0.4) is 0 Å². The highest BCUT2D eigenvalue weighted by molar-refractivity contribution is 5.94. The molecule has 0 aliphatic carbocycles. The zero-order chi connectivity index (χ0) is 19.0. The lowest BCUT2D eigenvalue weighted by atomic mass is 10.1. The Morgan fingerprint density at radius 2 is 2.04 bits per heavy atom. The van der Waals surface area contributed by atoms with Crippen molar-refractivity contribution in [3.63, 3.8) is 0 Å². The van der Waals surface area contributed by atoms with Gasteiger partial charge in [0, 0.05) is 18.9 Å². The molecule has 1 aliphatic heterocycles. The highest BCUT2D eigenvalue weighted by atomic mass is 19.1. The zero-order valence-corrected chi connectivity index (χ0v) is 14.2. The third kappa shape index (κ3) is 3.15. The van der Waals surface area contributed by atoms with Gasteiger partial charge >= 0.3 is 0 Å². The zero-order valence-electron chi connectivity index (χ0n) is 14.2. The molecule has 0 bridgehead atoms. The van der Waals surface area contributed by atoms with Crippen molar-refractivity contribution >= 4 is 11.6 Å². The van der Waals surface area contributed by atoms with Gasteiger partial charge in [-0.3, -0.25) is 14.0 Å². The Labute approximate surface area is 153 Å². The van der Waals surface area contributed by atoms with Gasteiger partial charge in [-0.25, -0.2) is 9.37 Å². The fourth-order valence-electron chi connectivity index (χ4n) is 3.12. The lowest BCUT2D eigenvalue weighted by Gasteiger charge is -2.33. The van der Waals surface area contributed by atoms with Gasteiger partial charge in [-0.2, -0.15) is 0 Å². The number of aromatic hydroxyl groups is 1. The van der Waals surface area contributed by atoms with Crippen LogP contribution in [0.5, 0.6) is 5.75 Å². The highest BCUT2D eigenvalue weighted by Gasteiger charge is 2.28. The van der Waals surface area contributed by atoms with Crippen LogP contribution in [0.25, 0.3) is 5.65 Å². The van der Waals surface area contributed by atoms with Crippen molar-refractivity contribution in [1.82, 2.24) is 14.3 Å². The molecule has 1 atom stereocenters. The summed E-state index contributed by atoms with van der Waals surface area (Å²) in [5.74, 6) is -0.946. The van der Waals surface area contributed by atoms with Gasteiger partial charge in [0.05, 0.1) is 13.2 Å². The fraction of sp³-hybridized carbons (Fsp3) is 0.211. The highest BCUT2D eigenvalue weighted by Crippen LogP contribution is 2.23. The SMILES string of the molecule is O=C(c1cnc2c(O)cccn2c1=O)N1CCO[C@@H](c2ccc(F)cc2)C1. The molecule has 3 heterocycles. The number of hydrogen-bond acceptors (Lipinski definition) is 5. The largest absolute Gasteiger partial charge is 0.504 e. The first-order chi connectivity index (χ1) is 13.0. The van der Waals surface area contributed by atoms with Gasteiger partial charge in [0.2, 0.25) is 0 Å². The number of benzene rings is 1. The summed E-state index contributed by atoms with van der Waals surface area (Å²) in [6.07, 6.45) is 2.23. The molecule has 0 spiro atoms. The maximum atomic E-state index is 13.1. The van der Waals surface area contributed by atoms with E-state index < -0.39 is 17.6 Å². The molecule has 1 aliphatic rings. The van der Waals surface area contributed by atoms with Crippen LogP contribution in [0, 0.1) is 5.82 Å². The molecule has 3 aromatic rings. The Balaban J connectivity index is 1.62. The van der Waals surface area contributed by atoms with Gasteiger partial charge in [0.25, 0.3) is 11.5 Å². The average Bonchev–Trinajstić information content (AvgIpc) is 2.69. The minimum absolute atomic E-state index is 0.0853. The van der Waals surface area contributed by atoms with Gasteiger partial charge in [0.15, 0.2) is 11.4 Å². The summed E-state index contributed by atoms with van der Waals surface area (Å²) in [5, 5.41) is 9.79. The molecule has 1 saturated heterocycles. The van der Waals surface area contributed by atoms with Crippen LogP contribution in [0.4, 0.5) is 4.39 Å². The van der Waals surface area contributed by atoms with Gasteiger partial charge in [0.1, 0.15) is 17.5 Å². The van der Waals surface area contributed by atoms with Gasteiger partial charge in [-0.1, -0.05) is 12.1 Å². The van der Waals surface area contributed by atoms with Gasteiger partial charge in [-0.05, 0) is 29.8 Å². The third-order valence-corrected chi connectivity index (χ3v) is 4.54. The van der Waals surface area contributed by atoms with E-state index in [2.05, 4.69) is 4.98 Å². The molecule has 1 N–H and O–H groups in total. The standard InChI is InChI=1S/C19H16FN3O4/c20-13-5-3-12(4-6-13)16-11-22(8-9-27-16)18(25)14-10-21-17-15(24)2-1-7-23(17)19(14)26/h1-7,10,16,24H,8-9,11H2/t16-/m1/s1. The molecule has 4 rings (SSSR count). The average molecular weight is 369 g/mol. The van der Waals surface area contributed by atoms with Crippen molar-refractivity contribution in [2.75, 3.05) is 19.7 Å². The van der Waals surface area contributed by atoms with Crippen LogP contribution in [0.15, 0.2) is 53.6 Å². The number of amides is 1. The van der Waals surface area contributed by atoms with Crippen molar-refractivity contribution in [3.05, 3.63) is 76.1 Å². The van der Waals surface area contributed by atoms with E-state index >= 15 is 0 Å². The lowest BCUT2D eigenvalue weighted by Crippen LogP contribution is -2.44. The van der Waals surface area contributed by atoms with Crippen molar-refractivity contribution in [3.8, 4) is 5.75 Å². The quantitative estimate of drug-likeness (QED) is 0.744. The predicted molar refractivity (Wildman–Crippen MR) is 94.1 cm³/mol. The Bertz CT molecular complexity index is 1060. The van der Waals surface area contributed by atoms with Crippen LogP contribution in [-0.2, 0) is 4.74 Å². The molecule has 138 valence electrons. The summed E-state index contributed by atoms with van der Waals surface area (Å²) in [7, 11) is 0. The lowest BCUT2D eigenvalue weighted by molar-refractivity contribution is -0.0229. The molecule has 8 heteroatoms. The molecule has 7 nitrogen and oxygen atoms in total. The molecule has 0 radical (unpaired) electrons. The Morgan fingerprint density at radius 1 is 1.26 bits per heavy atom. The number of nitrogens with zero attached hydrogens (tertiary/aromatic N) is 3. The Hall–Kier alpha value is -3.26. The van der Waals surface area contributed by atoms with Crippen LogP contribution >= 0.6 is 0 Å². The molecule has 0 saturated carbocycles. The minimum Gasteiger partial charge on any atom is -0.504 e. The number of carbonyl (C=O) groups excluding carboxylic acids is 1. The van der Waals surface area contributed by atoms with E-state index in [1.54, 1.807) is 12.1 Å². The summed E-state index contributed by atoms with van der Waals surface area (Å²) in [4.78, 5) is 31.1. The number of carbonyl (C=O) groups is 1. The first-order valence-corrected chi connectivity index (χ1v) is 8.40. The van der Waals surface area contributed by atoms with Crippen LogP contribution in [0.1, 0.15) is 22.0 Å². The van der Waals surface area contributed by atoms with Crippen molar-refractivity contribution in [2.45, 2.75) is 6.10 Å². The molecule has 2 aromatic heterocycles. The first-order valence-electron chi connectivity index (χ1n) is 8.40. The van der Waals surface area contributed by atoms with Gasteiger partial charge < -0.3 is 14.7 Å². The summed E-state index contributed by atoms with van der Waals surface area (Å²) >= 11 is 0. The fourth-order valence-corrected chi connectivity index (χ4v) is 3.12. The number of ether oxygens (including phenoxy) is 1. The van der Waals surface area contributed by atoms with E-state index in [0.717, 1.165) is 9.96 Å².